The van der Waals surface area contributed by atoms with Crippen LogP contribution in [-0.4, -0.2) is 12.0 Å². The molecular weight excluding hydrogens is 280 g/mol. The summed E-state index contributed by atoms with van der Waals surface area (Å²) in [7, 11) is 0. The van der Waals surface area contributed by atoms with E-state index in [1.165, 1.54) is 0 Å². The second kappa shape index (κ2) is 7.14. The number of hydrogen-bond donors (Lipinski definition) is 1. The summed E-state index contributed by atoms with van der Waals surface area (Å²) in [6.45, 7) is 2.00. The molecule has 2 rings (SSSR count). The van der Waals surface area contributed by atoms with Crippen LogP contribution in [-0.2, 0) is 11.4 Å². The number of hydrogen-bond acceptors (Lipinski definition) is 4. The van der Waals surface area contributed by atoms with Crippen LogP contribution in [0.25, 0.3) is 0 Å². The first-order valence-corrected chi connectivity index (χ1v) is 6.76. The van der Waals surface area contributed by atoms with E-state index < -0.39 is 12.0 Å². The Morgan fingerprint density at radius 2 is 1.73 bits per heavy atom. The van der Waals surface area contributed by atoms with Gasteiger partial charge in [-0.1, -0.05) is 12.1 Å². The zero-order chi connectivity index (χ0) is 15.9. The zero-order valence-corrected chi connectivity index (χ0v) is 12.2. The molecule has 2 aromatic rings. The summed E-state index contributed by atoms with van der Waals surface area (Å²) < 4.78 is 11.0. The van der Waals surface area contributed by atoms with Gasteiger partial charge in [0.1, 0.15) is 18.1 Å². The number of amides is 1. The van der Waals surface area contributed by atoms with Gasteiger partial charge in [0.2, 0.25) is 0 Å². The van der Waals surface area contributed by atoms with Crippen LogP contribution >= 0.6 is 0 Å². The monoisotopic (exact) mass is 296 g/mol. The number of nitrogens with two attached hydrogens (primary N) is 1. The van der Waals surface area contributed by atoms with E-state index in [0.29, 0.717) is 23.7 Å². The topological polar surface area (TPSA) is 85.3 Å². The minimum atomic E-state index is -0.676. The lowest BCUT2D eigenvalue weighted by Crippen LogP contribution is -2.30. The van der Waals surface area contributed by atoms with Gasteiger partial charge in [-0.15, -0.1) is 0 Å². The highest BCUT2D eigenvalue weighted by molar-refractivity contribution is 5.78. The van der Waals surface area contributed by atoms with Crippen molar-refractivity contribution in [2.75, 3.05) is 0 Å². The smallest absolute Gasteiger partial charge is 0.258 e. The SMILES string of the molecule is C[C@@H](Oc1ccc(OCc2ccc(C#N)cc2)cc1)C(N)=O. The van der Waals surface area contributed by atoms with Gasteiger partial charge >= 0.3 is 0 Å². The third-order valence-electron chi connectivity index (χ3n) is 3.03. The molecule has 0 aliphatic rings. The van der Waals surface area contributed by atoms with Crippen molar-refractivity contribution in [2.45, 2.75) is 19.6 Å². The van der Waals surface area contributed by atoms with E-state index in [0.717, 1.165) is 5.56 Å². The molecule has 1 atom stereocenters. The lowest BCUT2D eigenvalue weighted by molar-refractivity contribution is -0.123. The van der Waals surface area contributed by atoms with Crippen LogP contribution in [0.4, 0.5) is 0 Å². The molecule has 0 aliphatic carbocycles. The van der Waals surface area contributed by atoms with Crippen molar-refractivity contribution in [1.82, 2.24) is 0 Å². The van der Waals surface area contributed by atoms with Gasteiger partial charge in [0.25, 0.3) is 5.91 Å². The van der Waals surface area contributed by atoms with Crippen molar-refractivity contribution in [3.63, 3.8) is 0 Å². The molecule has 2 N–H and O–H groups in total. The lowest BCUT2D eigenvalue weighted by atomic mass is 10.2. The van der Waals surface area contributed by atoms with E-state index in [4.69, 9.17) is 20.5 Å². The van der Waals surface area contributed by atoms with Crippen molar-refractivity contribution in [2.24, 2.45) is 5.73 Å². The minimum Gasteiger partial charge on any atom is -0.489 e. The Bertz CT molecular complexity index is 673. The molecule has 0 spiro atoms. The largest absolute Gasteiger partial charge is 0.489 e. The fourth-order valence-corrected chi connectivity index (χ4v) is 1.72. The average molecular weight is 296 g/mol. The molecule has 0 bridgehead atoms. The summed E-state index contributed by atoms with van der Waals surface area (Å²) >= 11 is 0. The highest BCUT2D eigenvalue weighted by Gasteiger charge is 2.09. The van der Waals surface area contributed by atoms with E-state index >= 15 is 0 Å². The highest BCUT2D eigenvalue weighted by Crippen LogP contribution is 2.19. The summed E-state index contributed by atoms with van der Waals surface area (Å²) in [6, 6.07) is 16.2. The molecule has 5 nitrogen and oxygen atoms in total. The molecule has 1 amide bonds. The molecule has 2 aromatic carbocycles. The second-order valence-electron chi connectivity index (χ2n) is 4.73. The fraction of sp³-hybridized carbons (Fsp3) is 0.176. The highest BCUT2D eigenvalue weighted by atomic mass is 16.5. The number of carbonyl (C=O) groups excluding carboxylic acids is 1. The quantitative estimate of drug-likeness (QED) is 0.886. The molecular formula is C17H16N2O3. The first-order chi connectivity index (χ1) is 10.6. The second-order valence-corrected chi connectivity index (χ2v) is 4.73. The lowest BCUT2D eigenvalue weighted by Gasteiger charge is -2.12. The van der Waals surface area contributed by atoms with Gasteiger partial charge in [0.05, 0.1) is 11.6 Å². The van der Waals surface area contributed by atoms with Crippen molar-refractivity contribution >= 4 is 5.91 Å². The third-order valence-corrected chi connectivity index (χ3v) is 3.03. The predicted octanol–water partition coefficient (Wildman–Crippen LogP) is 2.39. The van der Waals surface area contributed by atoms with E-state index in [9.17, 15) is 4.79 Å². The summed E-state index contributed by atoms with van der Waals surface area (Å²) in [5, 5.41) is 8.74. The average Bonchev–Trinajstić information content (AvgIpc) is 2.54. The molecule has 22 heavy (non-hydrogen) atoms. The maximum atomic E-state index is 10.9. The number of primary amides is 1. The summed E-state index contributed by atoms with van der Waals surface area (Å²) in [5.41, 5.74) is 6.73. The maximum absolute atomic E-state index is 10.9. The standard InChI is InChI=1S/C17H16N2O3/c1-12(17(19)20)22-16-8-6-15(7-9-16)21-11-14-4-2-13(10-18)3-5-14/h2-9,12H,11H2,1H3,(H2,19,20)/t12-/m1/s1. The van der Waals surface area contributed by atoms with Gasteiger partial charge in [-0.3, -0.25) is 4.79 Å². The molecule has 0 aliphatic heterocycles. The van der Waals surface area contributed by atoms with Gasteiger partial charge in [0.15, 0.2) is 6.10 Å². The number of carbonyl (C=O) groups is 1. The molecule has 0 aromatic heterocycles. The van der Waals surface area contributed by atoms with E-state index in [2.05, 4.69) is 6.07 Å². The van der Waals surface area contributed by atoms with Crippen molar-refractivity contribution in [1.29, 1.82) is 5.26 Å². The number of ether oxygens (including phenoxy) is 2. The first kappa shape index (κ1) is 15.4. The normalized spacial score (nSPS) is 11.3. The Kier molecular flexibility index (Phi) is 4.99. The van der Waals surface area contributed by atoms with Gasteiger partial charge < -0.3 is 15.2 Å². The van der Waals surface area contributed by atoms with E-state index in [1.54, 1.807) is 43.3 Å². The van der Waals surface area contributed by atoms with Crippen molar-refractivity contribution < 1.29 is 14.3 Å². The molecule has 0 fully saturated rings. The summed E-state index contributed by atoms with van der Waals surface area (Å²) in [6.07, 6.45) is -0.676. The number of benzene rings is 2. The van der Waals surface area contributed by atoms with Gasteiger partial charge in [-0.2, -0.15) is 5.26 Å². The number of nitriles is 1. The fourth-order valence-electron chi connectivity index (χ4n) is 1.72. The van der Waals surface area contributed by atoms with Crippen LogP contribution in [0.5, 0.6) is 11.5 Å². The Labute approximate surface area is 128 Å². The van der Waals surface area contributed by atoms with Crippen LogP contribution < -0.4 is 15.2 Å². The van der Waals surface area contributed by atoms with Gasteiger partial charge in [-0.25, -0.2) is 0 Å². The summed E-state index contributed by atoms with van der Waals surface area (Å²) in [4.78, 5) is 10.9. The third kappa shape index (κ3) is 4.25. The van der Waals surface area contributed by atoms with E-state index in [1.807, 2.05) is 12.1 Å². The van der Waals surface area contributed by atoms with Crippen LogP contribution in [0.3, 0.4) is 0 Å². The Hall–Kier alpha value is -3.00. The van der Waals surface area contributed by atoms with Crippen molar-refractivity contribution in [3.05, 3.63) is 59.7 Å². The Morgan fingerprint density at radius 3 is 2.27 bits per heavy atom. The summed E-state index contributed by atoms with van der Waals surface area (Å²) in [5.74, 6) is 0.724. The Morgan fingerprint density at radius 1 is 1.14 bits per heavy atom. The Balaban J connectivity index is 1.91. The maximum Gasteiger partial charge on any atom is 0.258 e. The zero-order valence-electron chi connectivity index (χ0n) is 12.2. The molecule has 0 saturated carbocycles. The van der Waals surface area contributed by atoms with Crippen LogP contribution in [0.15, 0.2) is 48.5 Å². The minimum absolute atomic E-state index is 0.406. The number of nitrogens with zero attached hydrogens (tertiary/aromatic N) is 1. The van der Waals surface area contributed by atoms with Crippen LogP contribution in [0, 0.1) is 11.3 Å². The van der Waals surface area contributed by atoms with Crippen molar-refractivity contribution in [3.8, 4) is 17.6 Å². The van der Waals surface area contributed by atoms with Gasteiger partial charge in [0, 0.05) is 0 Å². The van der Waals surface area contributed by atoms with Crippen LogP contribution in [0.1, 0.15) is 18.1 Å². The van der Waals surface area contributed by atoms with Crippen LogP contribution in [0.2, 0.25) is 0 Å². The molecule has 112 valence electrons. The number of rotatable bonds is 6. The predicted molar refractivity (Wildman–Crippen MR) is 81.2 cm³/mol. The molecule has 0 heterocycles. The molecule has 0 saturated heterocycles. The molecule has 5 heteroatoms. The van der Waals surface area contributed by atoms with E-state index in [-0.39, 0.29) is 0 Å². The van der Waals surface area contributed by atoms with Gasteiger partial charge in [-0.05, 0) is 48.9 Å². The molecule has 0 unspecified atom stereocenters. The first-order valence-electron chi connectivity index (χ1n) is 6.76. The molecule has 0 radical (unpaired) electrons.